The summed E-state index contributed by atoms with van der Waals surface area (Å²) in [5.41, 5.74) is 1.91. The van der Waals surface area contributed by atoms with Gasteiger partial charge in [0.05, 0.1) is 38.9 Å². The van der Waals surface area contributed by atoms with Gasteiger partial charge in [-0.3, -0.25) is 10.2 Å². The highest BCUT2D eigenvalue weighted by Gasteiger charge is 2.37. The Balaban J connectivity index is 1.63. The van der Waals surface area contributed by atoms with Crippen LogP contribution >= 0.6 is 23.7 Å². The molecule has 1 N–H and O–H groups in total. The maximum absolute atomic E-state index is 12.7. The number of carbonyl (C=O) groups is 1. The van der Waals surface area contributed by atoms with Crippen LogP contribution in [0.5, 0.6) is 17.2 Å². The first-order valence-corrected chi connectivity index (χ1v) is 11.3. The molecule has 10 heteroatoms. The number of nitrogens with zero attached hydrogens (tertiary/aromatic N) is 3. The van der Waals surface area contributed by atoms with E-state index >= 15 is 0 Å². The number of amides is 1. The zero-order valence-electron chi connectivity index (χ0n) is 17.6. The molecule has 2 aromatic carbocycles. The minimum atomic E-state index is -0.494. The van der Waals surface area contributed by atoms with E-state index in [0.717, 1.165) is 17.5 Å². The van der Waals surface area contributed by atoms with Crippen LogP contribution in [0.1, 0.15) is 11.1 Å². The van der Waals surface area contributed by atoms with Crippen molar-refractivity contribution in [2.24, 2.45) is 9.39 Å². The van der Waals surface area contributed by atoms with Crippen LogP contribution in [0.15, 0.2) is 57.4 Å². The van der Waals surface area contributed by atoms with E-state index < -0.39 is 5.91 Å². The Morgan fingerprint density at radius 3 is 2.41 bits per heavy atom. The van der Waals surface area contributed by atoms with Crippen molar-refractivity contribution in [1.29, 1.82) is 5.41 Å². The number of benzene rings is 2. The van der Waals surface area contributed by atoms with Crippen LogP contribution in [0.3, 0.4) is 0 Å². The topological polar surface area (TPSA) is 96.6 Å². The average molecular weight is 469 g/mol. The van der Waals surface area contributed by atoms with Crippen molar-refractivity contribution in [2.75, 3.05) is 21.3 Å². The molecule has 4 rings (SSSR count). The van der Waals surface area contributed by atoms with Gasteiger partial charge in [-0.1, -0.05) is 42.1 Å². The Labute approximate surface area is 194 Å². The van der Waals surface area contributed by atoms with Crippen LogP contribution < -0.4 is 14.2 Å². The molecule has 2 aromatic rings. The lowest BCUT2D eigenvalue weighted by Gasteiger charge is -2.24. The number of carbonyl (C=O) groups excluding carboxylic acids is 1. The summed E-state index contributed by atoms with van der Waals surface area (Å²) in [5, 5.41) is 9.71. The van der Waals surface area contributed by atoms with Gasteiger partial charge in [0.2, 0.25) is 10.9 Å². The highest BCUT2D eigenvalue weighted by atomic mass is 32.2. The van der Waals surface area contributed by atoms with Gasteiger partial charge < -0.3 is 14.2 Å². The van der Waals surface area contributed by atoms with E-state index in [9.17, 15) is 4.79 Å². The number of ether oxygens (including phenoxy) is 3. The predicted molar refractivity (Wildman–Crippen MR) is 129 cm³/mol. The number of hydrogen-bond acceptors (Lipinski definition) is 8. The fourth-order valence-corrected chi connectivity index (χ4v) is 4.97. The third-order valence-electron chi connectivity index (χ3n) is 4.70. The standard InChI is InChI=1S/C22H20N4O4S2/c1-28-16-10-14(11-17(29-2)18(16)30-3)9-15-19(23)26-21(24-20(15)27)32-25-22(26)31-12-13-7-5-4-6-8-13/h4-11,23H,12H2,1-3H3. The molecular weight excluding hydrogens is 448 g/mol. The average Bonchev–Trinajstić information content (AvgIpc) is 3.23. The van der Waals surface area contributed by atoms with Crippen molar-refractivity contribution in [2.45, 2.75) is 5.75 Å². The number of methoxy groups -OCH3 is 3. The molecule has 1 amide bonds. The zero-order valence-corrected chi connectivity index (χ0v) is 19.3. The highest BCUT2D eigenvalue weighted by Crippen LogP contribution is 2.39. The van der Waals surface area contributed by atoms with Crippen molar-refractivity contribution >= 4 is 51.9 Å². The fourth-order valence-electron chi connectivity index (χ4n) is 3.17. The Kier molecular flexibility index (Phi) is 6.52. The number of hydrogen-bond donors (Lipinski definition) is 1. The molecule has 0 spiro atoms. The zero-order chi connectivity index (χ0) is 22.7. The third kappa shape index (κ3) is 4.23. The van der Waals surface area contributed by atoms with Gasteiger partial charge in [0.15, 0.2) is 16.7 Å². The van der Waals surface area contributed by atoms with Crippen molar-refractivity contribution in [3.63, 3.8) is 0 Å². The fraction of sp³-hybridized carbons (Fsp3) is 0.182. The van der Waals surface area contributed by atoms with Gasteiger partial charge in [0, 0.05) is 5.75 Å². The quantitative estimate of drug-likeness (QED) is 0.501. The molecule has 0 saturated carbocycles. The first kappa shape index (κ1) is 22.0. The molecular formula is C22H20N4O4S2. The van der Waals surface area contributed by atoms with Gasteiger partial charge in [-0.2, -0.15) is 9.39 Å². The number of fused-ring (bicyclic) bond motifs is 1. The molecule has 2 aliphatic heterocycles. The van der Waals surface area contributed by atoms with Crippen molar-refractivity contribution in [1.82, 2.24) is 4.90 Å². The summed E-state index contributed by atoms with van der Waals surface area (Å²) in [6.07, 6.45) is 1.60. The Bertz CT molecular complexity index is 1140. The minimum Gasteiger partial charge on any atom is -0.493 e. The summed E-state index contributed by atoms with van der Waals surface area (Å²) in [7, 11) is 4.56. The largest absolute Gasteiger partial charge is 0.493 e. The molecule has 0 unspecified atom stereocenters. The number of thioether (sulfide) groups is 1. The summed E-state index contributed by atoms with van der Waals surface area (Å²) >= 11 is 2.59. The van der Waals surface area contributed by atoms with Crippen LogP contribution in [0.2, 0.25) is 0 Å². The van der Waals surface area contributed by atoms with E-state index in [-0.39, 0.29) is 11.4 Å². The van der Waals surface area contributed by atoms with Crippen LogP contribution in [0, 0.1) is 5.41 Å². The molecule has 0 bridgehead atoms. The van der Waals surface area contributed by atoms with E-state index in [0.29, 0.717) is 38.9 Å². The van der Waals surface area contributed by atoms with Gasteiger partial charge in [-0.25, -0.2) is 4.90 Å². The van der Waals surface area contributed by atoms with E-state index in [1.54, 1.807) is 23.1 Å². The van der Waals surface area contributed by atoms with Gasteiger partial charge in [0.25, 0.3) is 5.91 Å². The Morgan fingerprint density at radius 2 is 1.78 bits per heavy atom. The molecule has 0 radical (unpaired) electrons. The first-order chi connectivity index (χ1) is 15.5. The molecule has 32 heavy (non-hydrogen) atoms. The first-order valence-electron chi connectivity index (χ1n) is 9.51. The monoisotopic (exact) mass is 468 g/mol. The van der Waals surface area contributed by atoms with Crippen LogP contribution in [-0.2, 0) is 10.5 Å². The van der Waals surface area contributed by atoms with E-state index in [1.807, 2.05) is 30.3 Å². The molecule has 0 fully saturated rings. The van der Waals surface area contributed by atoms with Crippen molar-refractivity contribution in [3.8, 4) is 17.2 Å². The van der Waals surface area contributed by atoms with Gasteiger partial charge in [-0.05, 0) is 29.3 Å². The maximum Gasteiger partial charge on any atom is 0.283 e. The third-order valence-corrected chi connectivity index (χ3v) is 6.53. The summed E-state index contributed by atoms with van der Waals surface area (Å²) in [6, 6.07) is 13.4. The van der Waals surface area contributed by atoms with Gasteiger partial charge >= 0.3 is 0 Å². The van der Waals surface area contributed by atoms with E-state index in [4.69, 9.17) is 19.6 Å². The van der Waals surface area contributed by atoms with Crippen molar-refractivity contribution in [3.05, 3.63) is 59.2 Å². The summed E-state index contributed by atoms with van der Waals surface area (Å²) < 4.78 is 20.5. The lowest BCUT2D eigenvalue weighted by atomic mass is 10.1. The molecule has 8 nitrogen and oxygen atoms in total. The highest BCUT2D eigenvalue weighted by molar-refractivity contribution is 8.18. The summed E-state index contributed by atoms with van der Waals surface area (Å²) in [5.74, 6) is 1.58. The van der Waals surface area contributed by atoms with Crippen LogP contribution in [0.25, 0.3) is 6.08 Å². The molecule has 0 saturated heterocycles. The molecule has 0 atom stereocenters. The van der Waals surface area contributed by atoms with Crippen LogP contribution in [0.4, 0.5) is 0 Å². The molecule has 164 valence electrons. The number of rotatable bonds is 6. The Hall–Kier alpha value is -3.24. The summed E-state index contributed by atoms with van der Waals surface area (Å²) in [6.45, 7) is 0. The lowest BCUT2D eigenvalue weighted by molar-refractivity contribution is -0.114. The van der Waals surface area contributed by atoms with E-state index in [1.165, 1.54) is 33.1 Å². The van der Waals surface area contributed by atoms with Crippen molar-refractivity contribution < 1.29 is 19.0 Å². The van der Waals surface area contributed by atoms with Gasteiger partial charge in [0.1, 0.15) is 5.84 Å². The molecule has 2 heterocycles. The maximum atomic E-state index is 12.7. The minimum absolute atomic E-state index is 0.0260. The smallest absolute Gasteiger partial charge is 0.283 e. The Morgan fingerprint density at radius 1 is 1.09 bits per heavy atom. The van der Waals surface area contributed by atoms with E-state index in [2.05, 4.69) is 9.39 Å². The number of amidine groups is 3. The second-order valence-electron chi connectivity index (χ2n) is 6.64. The SMILES string of the molecule is COc1cc(C=C2C(=N)N3C(SCc4ccccc4)=NSC3=NC2=O)cc(OC)c1OC. The lowest BCUT2D eigenvalue weighted by Crippen LogP contribution is -2.41. The number of aliphatic imine (C=N–C) groups is 1. The number of nitrogens with one attached hydrogen (secondary N) is 1. The second-order valence-corrected chi connectivity index (χ2v) is 8.31. The molecule has 0 aliphatic carbocycles. The molecule has 2 aliphatic rings. The second kappa shape index (κ2) is 9.49. The normalized spacial score (nSPS) is 16.6. The van der Waals surface area contributed by atoms with Gasteiger partial charge in [-0.15, -0.1) is 0 Å². The van der Waals surface area contributed by atoms with Crippen LogP contribution in [-0.4, -0.2) is 48.3 Å². The predicted octanol–water partition coefficient (Wildman–Crippen LogP) is 4.22. The summed E-state index contributed by atoms with van der Waals surface area (Å²) in [4.78, 5) is 18.4. The molecule has 0 aromatic heterocycles.